The van der Waals surface area contributed by atoms with Crippen LogP contribution in [-0.2, 0) is 6.54 Å². The van der Waals surface area contributed by atoms with Crippen molar-refractivity contribution in [2.45, 2.75) is 44.4 Å². The molecule has 0 saturated heterocycles. The average molecular weight is 258 g/mol. The molecule has 0 unspecified atom stereocenters. The SMILES string of the molecule is O[C@H]1CCCC[C@@H]1NCc1ccc(F)c(Cl)c1. The maximum Gasteiger partial charge on any atom is 0.141 e. The van der Waals surface area contributed by atoms with Crippen LogP contribution in [0.3, 0.4) is 0 Å². The fourth-order valence-corrected chi connectivity index (χ4v) is 2.45. The van der Waals surface area contributed by atoms with Gasteiger partial charge in [-0.25, -0.2) is 4.39 Å². The topological polar surface area (TPSA) is 32.3 Å². The third-order valence-electron chi connectivity index (χ3n) is 3.28. The molecule has 1 aromatic carbocycles. The highest BCUT2D eigenvalue weighted by molar-refractivity contribution is 6.30. The Hall–Kier alpha value is -0.640. The van der Waals surface area contributed by atoms with Crippen molar-refractivity contribution >= 4 is 11.6 Å². The van der Waals surface area contributed by atoms with E-state index in [4.69, 9.17) is 11.6 Å². The Kier molecular flexibility index (Phi) is 4.37. The molecule has 0 aliphatic heterocycles. The maximum absolute atomic E-state index is 13.0. The number of aliphatic hydroxyl groups is 1. The first-order valence-corrected chi connectivity index (χ1v) is 6.40. The summed E-state index contributed by atoms with van der Waals surface area (Å²) in [6, 6.07) is 4.85. The third-order valence-corrected chi connectivity index (χ3v) is 3.57. The van der Waals surface area contributed by atoms with E-state index in [-0.39, 0.29) is 17.2 Å². The van der Waals surface area contributed by atoms with Crippen LogP contribution in [0.5, 0.6) is 0 Å². The number of rotatable bonds is 3. The van der Waals surface area contributed by atoms with Crippen molar-refractivity contribution in [2.75, 3.05) is 0 Å². The first kappa shape index (κ1) is 12.8. The monoisotopic (exact) mass is 257 g/mol. The van der Waals surface area contributed by atoms with Crippen LogP contribution >= 0.6 is 11.6 Å². The summed E-state index contributed by atoms with van der Waals surface area (Å²) in [7, 11) is 0. The quantitative estimate of drug-likeness (QED) is 0.873. The van der Waals surface area contributed by atoms with Crippen molar-refractivity contribution in [3.63, 3.8) is 0 Å². The molecular formula is C13H17ClFNO. The fraction of sp³-hybridized carbons (Fsp3) is 0.538. The largest absolute Gasteiger partial charge is 0.392 e. The van der Waals surface area contributed by atoms with E-state index in [0.717, 1.165) is 31.2 Å². The van der Waals surface area contributed by atoms with Crippen LogP contribution in [0, 0.1) is 5.82 Å². The summed E-state index contributed by atoms with van der Waals surface area (Å²) >= 11 is 5.71. The molecule has 1 aliphatic carbocycles. The number of halogens is 2. The van der Waals surface area contributed by atoms with Crippen molar-refractivity contribution in [3.05, 3.63) is 34.6 Å². The van der Waals surface area contributed by atoms with Gasteiger partial charge >= 0.3 is 0 Å². The third kappa shape index (κ3) is 3.41. The van der Waals surface area contributed by atoms with E-state index in [2.05, 4.69) is 5.32 Å². The zero-order valence-electron chi connectivity index (χ0n) is 9.63. The minimum atomic E-state index is -0.395. The lowest BCUT2D eigenvalue weighted by Gasteiger charge is -2.28. The Balaban J connectivity index is 1.90. The standard InChI is InChI=1S/C13H17ClFNO/c14-10-7-9(5-6-11(10)15)8-16-12-3-1-2-4-13(12)17/h5-7,12-13,16-17H,1-4,8H2/t12-,13-/m0/s1. The molecule has 0 radical (unpaired) electrons. The van der Waals surface area contributed by atoms with Crippen molar-refractivity contribution in [1.29, 1.82) is 0 Å². The van der Waals surface area contributed by atoms with Gasteiger partial charge < -0.3 is 10.4 Å². The summed E-state index contributed by atoms with van der Waals surface area (Å²) in [4.78, 5) is 0. The number of benzene rings is 1. The summed E-state index contributed by atoms with van der Waals surface area (Å²) in [5, 5.41) is 13.2. The van der Waals surface area contributed by atoms with Crippen LogP contribution in [0.4, 0.5) is 4.39 Å². The summed E-state index contributed by atoms with van der Waals surface area (Å²) in [6.07, 6.45) is 3.85. The van der Waals surface area contributed by atoms with Crippen LogP contribution in [0.25, 0.3) is 0 Å². The van der Waals surface area contributed by atoms with E-state index in [1.807, 2.05) is 0 Å². The molecule has 4 heteroatoms. The van der Waals surface area contributed by atoms with Gasteiger partial charge in [-0.05, 0) is 30.5 Å². The van der Waals surface area contributed by atoms with Crippen molar-refractivity contribution < 1.29 is 9.50 Å². The minimum absolute atomic E-state index is 0.146. The Morgan fingerprint density at radius 2 is 2.12 bits per heavy atom. The average Bonchev–Trinajstić information content (AvgIpc) is 2.32. The molecule has 2 N–H and O–H groups in total. The first-order chi connectivity index (χ1) is 8.16. The van der Waals surface area contributed by atoms with Gasteiger partial charge in [-0.15, -0.1) is 0 Å². The van der Waals surface area contributed by atoms with Gasteiger partial charge in [-0.2, -0.15) is 0 Å². The summed E-state index contributed by atoms with van der Waals surface area (Å²) < 4.78 is 13.0. The summed E-state index contributed by atoms with van der Waals surface area (Å²) in [5.74, 6) is -0.395. The highest BCUT2D eigenvalue weighted by atomic mass is 35.5. The first-order valence-electron chi connectivity index (χ1n) is 6.02. The van der Waals surface area contributed by atoms with Crippen LogP contribution in [-0.4, -0.2) is 17.3 Å². The van der Waals surface area contributed by atoms with Gasteiger partial charge in [0.05, 0.1) is 11.1 Å². The molecule has 2 nitrogen and oxygen atoms in total. The second-order valence-corrected chi connectivity index (χ2v) is 4.99. The van der Waals surface area contributed by atoms with E-state index in [9.17, 15) is 9.50 Å². The second kappa shape index (κ2) is 5.80. The molecule has 2 rings (SSSR count). The molecule has 1 fully saturated rings. The lowest BCUT2D eigenvalue weighted by molar-refractivity contribution is 0.0902. The molecule has 1 aromatic rings. The summed E-state index contributed by atoms with van der Waals surface area (Å²) in [6.45, 7) is 0.613. The molecule has 0 amide bonds. The van der Waals surface area contributed by atoms with Crippen LogP contribution in [0.15, 0.2) is 18.2 Å². The van der Waals surface area contributed by atoms with Crippen molar-refractivity contribution in [3.8, 4) is 0 Å². The zero-order chi connectivity index (χ0) is 12.3. The van der Waals surface area contributed by atoms with E-state index < -0.39 is 5.82 Å². The predicted octanol–water partition coefficient (Wildman–Crippen LogP) is 2.87. The van der Waals surface area contributed by atoms with E-state index in [1.54, 1.807) is 12.1 Å². The lowest BCUT2D eigenvalue weighted by Crippen LogP contribution is -2.41. The Morgan fingerprint density at radius 3 is 2.82 bits per heavy atom. The molecule has 0 aromatic heterocycles. The summed E-state index contributed by atoms with van der Waals surface area (Å²) in [5.41, 5.74) is 0.939. The molecule has 17 heavy (non-hydrogen) atoms. The molecule has 94 valence electrons. The number of aliphatic hydroxyl groups excluding tert-OH is 1. The normalized spacial score (nSPS) is 24.9. The highest BCUT2D eigenvalue weighted by Gasteiger charge is 2.22. The predicted molar refractivity (Wildman–Crippen MR) is 66.5 cm³/mol. The maximum atomic E-state index is 13.0. The van der Waals surface area contributed by atoms with Gasteiger partial charge in [-0.3, -0.25) is 0 Å². The Labute approximate surface area is 106 Å². The lowest BCUT2D eigenvalue weighted by atomic mass is 9.92. The molecule has 0 heterocycles. The van der Waals surface area contributed by atoms with Crippen molar-refractivity contribution in [2.24, 2.45) is 0 Å². The number of hydrogen-bond donors (Lipinski definition) is 2. The van der Waals surface area contributed by atoms with Crippen molar-refractivity contribution in [1.82, 2.24) is 5.32 Å². The number of hydrogen-bond acceptors (Lipinski definition) is 2. The molecule has 1 aliphatic rings. The van der Waals surface area contributed by atoms with Gasteiger partial charge in [0.25, 0.3) is 0 Å². The second-order valence-electron chi connectivity index (χ2n) is 4.59. The molecular weight excluding hydrogens is 241 g/mol. The fourth-order valence-electron chi connectivity index (χ4n) is 2.25. The zero-order valence-corrected chi connectivity index (χ0v) is 10.4. The number of nitrogens with one attached hydrogen (secondary N) is 1. The molecule has 1 saturated carbocycles. The molecule has 2 atom stereocenters. The molecule has 0 bridgehead atoms. The smallest absolute Gasteiger partial charge is 0.141 e. The van der Waals surface area contributed by atoms with Gasteiger partial charge in [0.1, 0.15) is 5.82 Å². The Bertz CT molecular complexity index is 386. The van der Waals surface area contributed by atoms with Gasteiger partial charge in [0, 0.05) is 12.6 Å². The molecule has 0 spiro atoms. The van der Waals surface area contributed by atoms with E-state index >= 15 is 0 Å². The van der Waals surface area contributed by atoms with Gasteiger partial charge in [-0.1, -0.05) is 30.5 Å². The van der Waals surface area contributed by atoms with E-state index in [0.29, 0.717) is 6.54 Å². The van der Waals surface area contributed by atoms with Gasteiger partial charge in [0.15, 0.2) is 0 Å². The highest BCUT2D eigenvalue weighted by Crippen LogP contribution is 2.20. The van der Waals surface area contributed by atoms with Gasteiger partial charge in [0.2, 0.25) is 0 Å². The Morgan fingerprint density at radius 1 is 1.35 bits per heavy atom. The van der Waals surface area contributed by atoms with Crippen LogP contribution < -0.4 is 5.32 Å². The van der Waals surface area contributed by atoms with E-state index in [1.165, 1.54) is 6.07 Å². The van der Waals surface area contributed by atoms with Crippen LogP contribution in [0.2, 0.25) is 5.02 Å². The minimum Gasteiger partial charge on any atom is -0.392 e. The van der Waals surface area contributed by atoms with Crippen LogP contribution in [0.1, 0.15) is 31.2 Å².